The van der Waals surface area contributed by atoms with E-state index in [2.05, 4.69) is 38.2 Å². The van der Waals surface area contributed by atoms with Gasteiger partial charge in [0.2, 0.25) is 0 Å². The summed E-state index contributed by atoms with van der Waals surface area (Å²) in [7, 11) is 2.01. The molecule has 2 fully saturated rings. The van der Waals surface area contributed by atoms with E-state index >= 15 is 0 Å². The van der Waals surface area contributed by atoms with Gasteiger partial charge in [0.1, 0.15) is 0 Å². The van der Waals surface area contributed by atoms with Gasteiger partial charge in [-0.1, -0.05) is 25.5 Å². The number of hydrogen-bond acceptors (Lipinski definition) is 3. The van der Waals surface area contributed by atoms with E-state index in [4.69, 9.17) is 10.1 Å². The first-order valence-corrected chi connectivity index (χ1v) is 12.7. The Balaban J connectivity index is 1.36. The van der Waals surface area contributed by atoms with Crippen molar-refractivity contribution in [3.8, 4) is 0 Å². The molecule has 1 saturated carbocycles. The monoisotopic (exact) mass is 455 g/mol. The Morgan fingerprint density at radius 1 is 1.12 bits per heavy atom. The maximum absolute atomic E-state index is 13.8. The van der Waals surface area contributed by atoms with Crippen LogP contribution in [-0.4, -0.2) is 36.5 Å². The number of amides is 1. The molecule has 1 aromatic carbocycles. The molecule has 6 nitrogen and oxygen atoms in total. The molecule has 0 N–H and O–H groups in total. The summed E-state index contributed by atoms with van der Waals surface area (Å²) in [4.78, 5) is 21.0. The second-order valence-corrected chi connectivity index (χ2v) is 10.5. The number of rotatable bonds is 3. The van der Waals surface area contributed by atoms with Crippen LogP contribution in [0.15, 0.2) is 42.7 Å². The summed E-state index contributed by atoms with van der Waals surface area (Å²) in [6.45, 7) is 5.26. The first kappa shape index (κ1) is 21.4. The molecule has 3 atom stereocenters. The minimum atomic E-state index is -0.0197. The van der Waals surface area contributed by atoms with Gasteiger partial charge in [0.05, 0.1) is 28.5 Å². The van der Waals surface area contributed by atoms with Crippen LogP contribution in [0, 0.1) is 12.8 Å². The molecule has 4 aromatic rings. The quantitative estimate of drug-likeness (QED) is 0.392. The van der Waals surface area contributed by atoms with Crippen LogP contribution in [0.5, 0.6) is 0 Å². The van der Waals surface area contributed by atoms with Crippen LogP contribution in [-0.2, 0) is 7.05 Å². The molecule has 0 bridgehead atoms. The summed E-state index contributed by atoms with van der Waals surface area (Å²) in [6.07, 6.45) is 11.0. The SMILES string of the molecule is Cc1cn2nc([C@@H]3CCCCN3C(=O)c3cccc4ccn(C)c34)cc2nc1C1CC[C@H](C)C1. The smallest absolute Gasteiger partial charge is 0.256 e. The highest BCUT2D eigenvalue weighted by Gasteiger charge is 2.32. The number of benzene rings is 1. The van der Waals surface area contributed by atoms with Crippen LogP contribution < -0.4 is 0 Å². The number of aryl methyl sites for hydroxylation is 2. The summed E-state index contributed by atoms with van der Waals surface area (Å²) >= 11 is 0. The third kappa shape index (κ3) is 3.51. The van der Waals surface area contributed by atoms with Crippen LogP contribution in [0.25, 0.3) is 16.6 Å². The number of piperidine rings is 1. The molecule has 0 spiro atoms. The molecular weight excluding hydrogens is 422 g/mol. The maximum atomic E-state index is 13.8. The fraction of sp³-hybridized carbons (Fsp3) is 0.464. The lowest BCUT2D eigenvalue weighted by Crippen LogP contribution is -2.39. The summed E-state index contributed by atoms with van der Waals surface area (Å²) < 4.78 is 3.96. The van der Waals surface area contributed by atoms with E-state index < -0.39 is 0 Å². The summed E-state index contributed by atoms with van der Waals surface area (Å²) in [5, 5.41) is 6.03. The van der Waals surface area contributed by atoms with Crippen molar-refractivity contribution in [1.29, 1.82) is 0 Å². The lowest BCUT2D eigenvalue weighted by molar-refractivity contribution is 0.0607. The van der Waals surface area contributed by atoms with Gasteiger partial charge in [-0.2, -0.15) is 5.10 Å². The van der Waals surface area contributed by atoms with Crippen molar-refractivity contribution in [3.05, 3.63) is 65.2 Å². The highest BCUT2D eigenvalue weighted by atomic mass is 16.2. The van der Waals surface area contributed by atoms with Gasteiger partial charge in [-0.05, 0) is 62.6 Å². The number of aromatic nitrogens is 4. The van der Waals surface area contributed by atoms with Crippen molar-refractivity contribution < 1.29 is 4.79 Å². The number of hydrogen-bond donors (Lipinski definition) is 0. The fourth-order valence-corrected chi connectivity index (χ4v) is 6.24. The molecule has 1 aliphatic carbocycles. The number of carbonyl (C=O) groups excluding carboxylic acids is 1. The fourth-order valence-electron chi connectivity index (χ4n) is 6.24. The van der Waals surface area contributed by atoms with Crippen molar-refractivity contribution >= 4 is 22.5 Å². The van der Waals surface area contributed by atoms with Crippen LogP contribution in [0.4, 0.5) is 0 Å². The average Bonchev–Trinajstić information content (AvgIpc) is 3.56. The van der Waals surface area contributed by atoms with E-state index in [0.29, 0.717) is 5.92 Å². The van der Waals surface area contributed by atoms with Crippen molar-refractivity contribution in [3.63, 3.8) is 0 Å². The first-order chi connectivity index (χ1) is 16.5. The average molecular weight is 456 g/mol. The zero-order valence-electron chi connectivity index (χ0n) is 20.4. The van der Waals surface area contributed by atoms with E-state index in [1.807, 2.05) is 39.4 Å². The molecule has 6 rings (SSSR count). The van der Waals surface area contributed by atoms with Gasteiger partial charge in [-0.25, -0.2) is 9.50 Å². The first-order valence-electron chi connectivity index (χ1n) is 12.7. The maximum Gasteiger partial charge on any atom is 0.256 e. The lowest BCUT2D eigenvalue weighted by Gasteiger charge is -2.35. The molecule has 1 aliphatic heterocycles. The van der Waals surface area contributed by atoms with E-state index in [-0.39, 0.29) is 11.9 Å². The van der Waals surface area contributed by atoms with E-state index in [9.17, 15) is 4.79 Å². The standard InChI is InChI=1S/C28H33N5O/c1-18-10-11-21(15-18)26-19(2)17-33-25(29-26)16-23(30-33)24-9-4-5-13-32(24)28(34)22-8-6-7-20-12-14-31(3)27(20)22/h6-8,12,14,16-18,21,24H,4-5,9-11,13,15H2,1-3H3/t18-,21?,24-/m0/s1. The Bertz CT molecular complexity index is 1380. The topological polar surface area (TPSA) is 55.4 Å². The zero-order chi connectivity index (χ0) is 23.4. The number of fused-ring (bicyclic) bond motifs is 2. The van der Waals surface area contributed by atoms with E-state index in [0.717, 1.165) is 59.5 Å². The molecule has 0 radical (unpaired) electrons. The molecule has 1 unspecified atom stereocenters. The Hall–Kier alpha value is -3.15. The molecule has 4 heterocycles. The normalized spacial score (nSPS) is 23.3. The van der Waals surface area contributed by atoms with Gasteiger partial charge in [0.15, 0.2) is 5.65 Å². The summed E-state index contributed by atoms with van der Waals surface area (Å²) in [6, 6.07) is 10.2. The van der Waals surface area contributed by atoms with Crippen molar-refractivity contribution in [2.24, 2.45) is 13.0 Å². The second-order valence-electron chi connectivity index (χ2n) is 10.5. The van der Waals surface area contributed by atoms with Gasteiger partial charge in [-0.15, -0.1) is 0 Å². The molecule has 1 amide bonds. The Morgan fingerprint density at radius 2 is 2.00 bits per heavy atom. The minimum Gasteiger partial charge on any atom is -0.350 e. The van der Waals surface area contributed by atoms with Crippen LogP contribution >= 0.6 is 0 Å². The predicted octanol–water partition coefficient (Wildman–Crippen LogP) is 5.80. The van der Waals surface area contributed by atoms with Crippen molar-refractivity contribution in [2.75, 3.05) is 6.54 Å². The zero-order valence-corrected chi connectivity index (χ0v) is 20.4. The molecular formula is C28H33N5O. The number of para-hydroxylation sites is 1. The lowest BCUT2D eigenvalue weighted by atomic mass is 9.97. The number of carbonyl (C=O) groups is 1. The molecule has 176 valence electrons. The van der Waals surface area contributed by atoms with Gasteiger partial charge in [0.25, 0.3) is 5.91 Å². The number of likely N-dealkylation sites (tertiary alicyclic amines) is 1. The van der Waals surface area contributed by atoms with E-state index in [1.165, 1.54) is 30.5 Å². The van der Waals surface area contributed by atoms with Crippen molar-refractivity contribution in [1.82, 2.24) is 24.1 Å². The summed E-state index contributed by atoms with van der Waals surface area (Å²) in [5.41, 5.74) is 6.07. The molecule has 1 saturated heterocycles. The highest BCUT2D eigenvalue weighted by molar-refractivity contribution is 6.06. The van der Waals surface area contributed by atoms with Crippen LogP contribution in [0.3, 0.4) is 0 Å². The molecule has 3 aromatic heterocycles. The van der Waals surface area contributed by atoms with Crippen molar-refractivity contribution in [2.45, 2.75) is 64.3 Å². The van der Waals surface area contributed by atoms with Crippen LogP contribution in [0.2, 0.25) is 0 Å². The third-order valence-corrected chi connectivity index (χ3v) is 8.00. The second kappa shape index (κ2) is 8.26. The molecule has 6 heteroatoms. The Kier molecular flexibility index (Phi) is 5.19. The largest absolute Gasteiger partial charge is 0.350 e. The summed E-state index contributed by atoms with van der Waals surface area (Å²) in [5.74, 6) is 1.43. The highest BCUT2D eigenvalue weighted by Crippen LogP contribution is 2.39. The van der Waals surface area contributed by atoms with Gasteiger partial charge >= 0.3 is 0 Å². The Labute approximate surface area is 200 Å². The number of nitrogens with zero attached hydrogens (tertiary/aromatic N) is 5. The Morgan fingerprint density at radius 3 is 2.82 bits per heavy atom. The third-order valence-electron chi connectivity index (χ3n) is 8.00. The van der Waals surface area contributed by atoms with E-state index in [1.54, 1.807) is 0 Å². The molecule has 2 aliphatic rings. The molecule has 34 heavy (non-hydrogen) atoms. The van der Waals surface area contributed by atoms with Gasteiger partial charge < -0.3 is 9.47 Å². The van der Waals surface area contributed by atoms with Gasteiger partial charge in [0, 0.05) is 43.4 Å². The minimum absolute atomic E-state index is 0.0197. The van der Waals surface area contributed by atoms with Crippen LogP contribution in [0.1, 0.15) is 84.7 Å². The van der Waals surface area contributed by atoms with Gasteiger partial charge in [-0.3, -0.25) is 4.79 Å². The predicted molar refractivity (Wildman–Crippen MR) is 134 cm³/mol.